The van der Waals surface area contributed by atoms with Gasteiger partial charge in [-0.05, 0) is 78.4 Å². The Bertz CT molecular complexity index is 1090. The van der Waals surface area contributed by atoms with E-state index in [4.69, 9.17) is 0 Å². The number of hydrogen-bond donors (Lipinski definition) is 2. The minimum absolute atomic E-state index is 0.166. The maximum Gasteiger partial charge on any atom is 0.258 e. The summed E-state index contributed by atoms with van der Waals surface area (Å²) in [7, 11) is 0. The van der Waals surface area contributed by atoms with Gasteiger partial charge in [0.2, 0.25) is 0 Å². The predicted molar refractivity (Wildman–Crippen MR) is 127 cm³/mol. The van der Waals surface area contributed by atoms with Crippen LogP contribution in [0.5, 0.6) is 0 Å². The number of carbonyl (C=O) groups is 2. The maximum absolute atomic E-state index is 13.3. The number of halogens is 1. The van der Waals surface area contributed by atoms with Gasteiger partial charge in [-0.25, -0.2) is 0 Å². The van der Waals surface area contributed by atoms with Crippen LogP contribution in [0.2, 0.25) is 0 Å². The summed E-state index contributed by atoms with van der Waals surface area (Å²) in [6.07, 6.45) is 5.17. The van der Waals surface area contributed by atoms with Crippen LogP contribution in [0.15, 0.2) is 53.0 Å². The second-order valence-electron chi connectivity index (χ2n) is 7.52. The molecule has 0 bridgehead atoms. The molecule has 0 spiro atoms. The zero-order chi connectivity index (χ0) is 21.1. The maximum atomic E-state index is 13.3. The number of benzene rings is 2. The van der Waals surface area contributed by atoms with Crippen LogP contribution in [0.4, 0.5) is 10.7 Å². The molecule has 0 saturated carbocycles. The van der Waals surface area contributed by atoms with Gasteiger partial charge < -0.3 is 10.6 Å². The molecule has 6 heteroatoms. The Morgan fingerprint density at radius 1 is 0.900 bits per heavy atom. The van der Waals surface area contributed by atoms with E-state index in [1.165, 1.54) is 22.6 Å². The molecule has 154 valence electrons. The molecule has 0 radical (unpaired) electrons. The molecule has 0 aliphatic heterocycles. The van der Waals surface area contributed by atoms with Crippen LogP contribution in [0.25, 0.3) is 0 Å². The molecule has 0 saturated heterocycles. The lowest BCUT2D eigenvalue weighted by Crippen LogP contribution is -2.18. The highest BCUT2D eigenvalue weighted by atomic mass is 79.9. The highest BCUT2D eigenvalue weighted by Gasteiger charge is 2.26. The number of hydrogen-bond acceptors (Lipinski definition) is 3. The van der Waals surface area contributed by atoms with Crippen molar-refractivity contribution in [1.29, 1.82) is 0 Å². The molecule has 30 heavy (non-hydrogen) atoms. The predicted octanol–water partition coefficient (Wildman–Crippen LogP) is 6.59. The molecule has 1 aliphatic rings. The summed E-state index contributed by atoms with van der Waals surface area (Å²) >= 11 is 4.98. The fourth-order valence-electron chi connectivity index (χ4n) is 3.72. The van der Waals surface area contributed by atoms with E-state index >= 15 is 0 Å². The quantitative estimate of drug-likeness (QED) is 0.411. The number of thiophene rings is 1. The van der Waals surface area contributed by atoms with E-state index in [0.717, 1.165) is 47.0 Å². The number of nitrogens with one attached hydrogen (secondary N) is 2. The highest BCUT2D eigenvalue weighted by Crippen LogP contribution is 2.38. The van der Waals surface area contributed by atoms with Crippen LogP contribution in [-0.2, 0) is 12.8 Å². The van der Waals surface area contributed by atoms with Crippen LogP contribution < -0.4 is 10.6 Å². The van der Waals surface area contributed by atoms with Gasteiger partial charge in [0.15, 0.2) is 0 Å². The second kappa shape index (κ2) is 9.14. The van der Waals surface area contributed by atoms with Crippen molar-refractivity contribution in [3.8, 4) is 0 Å². The monoisotopic (exact) mass is 482 g/mol. The Morgan fingerprint density at radius 3 is 2.40 bits per heavy atom. The number of carbonyl (C=O) groups excluding carboxylic acids is 2. The van der Waals surface area contributed by atoms with Crippen LogP contribution in [0.1, 0.15) is 56.0 Å². The first-order chi connectivity index (χ1) is 14.5. The second-order valence-corrected chi connectivity index (χ2v) is 9.48. The molecule has 2 N–H and O–H groups in total. The van der Waals surface area contributed by atoms with Gasteiger partial charge in [-0.3, -0.25) is 9.59 Å². The molecule has 2 amide bonds. The van der Waals surface area contributed by atoms with Gasteiger partial charge >= 0.3 is 0 Å². The van der Waals surface area contributed by atoms with Crippen molar-refractivity contribution >= 4 is 49.8 Å². The molecule has 0 unspecified atom stereocenters. The van der Waals surface area contributed by atoms with Gasteiger partial charge in [-0.15, -0.1) is 11.3 Å². The largest absolute Gasteiger partial charge is 0.322 e. The zero-order valence-electron chi connectivity index (χ0n) is 16.8. The third kappa shape index (κ3) is 4.50. The van der Waals surface area contributed by atoms with Crippen molar-refractivity contribution in [3.05, 3.63) is 80.1 Å². The van der Waals surface area contributed by atoms with Crippen molar-refractivity contribution in [2.75, 3.05) is 10.6 Å². The van der Waals surface area contributed by atoms with E-state index in [9.17, 15) is 9.59 Å². The van der Waals surface area contributed by atoms with Crippen molar-refractivity contribution < 1.29 is 9.59 Å². The first-order valence-electron chi connectivity index (χ1n) is 10.1. The molecular weight excluding hydrogens is 460 g/mol. The lowest BCUT2D eigenvalue weighted by atomic mass is 10.0. The summed E-state index contributed by atoms with van der Waals surface area (Å²) in [5, 5.41) is 6.66. The van der Waals surface area contributed by atoms with Gasteiger partial charge in [-0.2, -0.15) is 0 Å². The summed E-state index contributed by atoms with van der Waals surface area (Å²) in [5.74, 6) is -0.385. The van der Waals surface area contributed by atoms with Gasteiger partial charge in [0.05, 0.1) is 11.1 Å². The average Bonchev–Trinajstić information content (AvgIpc) is 2.90. The van der Waals surface area contributed by atoms with Crippen molar-refractivity contribution in [3.63, 3.8) is 0 Å². The summed E-state index contributed by atoms with van der Waals surface area (Å²) in [6.45, 7) is 2.01. The Morgan fingerprint density at radius 2 is 1.63 bits per heavy atom. The van der Waals surface area contributed by atoms with Crippen molar-refractivity contribution in [2.24, 2.45) is 0 Å². The Kier molecular flexibility index (Phi) is 6.35. The van der Waals surface area contributed by atoms with Crippen LogP contribution in [0, 0.1) is 6.92 Å². The average molecular weight is 483 g/mol. The number of anilines is 2. The lowest BCUT2D eigenvalue weighted by molar-refractivity contribution is 0.102. The van der Waals surface area contributed by atoms with E-state index in [2.05, 4.69) is 26.6 Å². The van der Waals surface area contributed by atoms with Crippen molar-refractivity contribution in [1.82, 2.24) is 0 Å². The highest BCUT2D eigenvalue weighted by molar-refractivity contribution is 9.10. The summed E-state index contributed by atoms with van der Waals surface area (Å²) in [5.41, 5.74) is 4.13. The van der Waals surface area contributed by atoms with Crippen LogP contribution in [0.3, 0.4) is 0 Å². The smallest absolute Gasteiger partial charge is 0.258 e. The van der Waals surface area contributed by atoms with E-state index in [1.54, 1.807) is 6.07 Å². The molecule has 1 aromatic heterocycles. The van der Waals surface area contributed by atoms with Gasteiger partial charge in [0.25, 0.3) is 11.8 Å². The number of rotatable bonds is 4. The molecule has 1 aliphatic carbocycles. The molecule has 4 rings (SSSR count). The number of fused-ring (bicyclic) bond motifs is 1. The molecule has 1 heterocycles. The van der Waals surface area contributed by atoms with Crippen molar-refractivity contribution in [2.45, 2.75) is 39.0 Å². The lowest BCUT2D eigenvalue weighted by Gasteiger charge is -2.11. The first kappa shape index (κ1) is 20.8. The topological polar surface area (TPSA) is 58.2 Å². The molecular formula is C24H23BrN2O2S. The minimum atomic E-state index is -0.219. The summed E-state index contributed by atoms with van der Waals surface area (Å²) in [4.78, 5) is 27.4. The fourth-order valence-corrected chi connectivity index (χ4v) is 5.46. The zero-order valence-corrected chi connectivity index (χ0v) is 19.2. The molecule has 0 atom stereocenters. The summed E-state index contributed by atoms with van der Waals surface area (Å²) in [6, 6.07) is 15.0. The normalized spacial score (nSPS) is 13.3. The SMILES string of the molecule is Cc1ccc(NC(=O)c2c(NC(=O)c3ccccc3Br)sc3c2CCCCC3)cc1. The standard InChI is InChI=1S/C24H23BrN2O2S/c1-15-11-13-16(14-12-15)26-23(29)21-18-8-3-2-4-10-20(18)30-24(21)27-22(28)17-7-5-6-9-19(17)25/h5-7,9,11-14H,2-4,8,10H2,1H3,(H,26,29)(H,27,28). The first-order valence-corrected chi connectivity index (χ1v) is 11.7. The van der Waals surface area contributed by atoms with Gasteiger partial charge in [0, 0.05) is 15.0 Å². The molecule has 3 aromatic rings. The fraction of sp³-hybridized carbons (Fsp3) is 0.250. The van der Waals surface area contributed by atoms with Gasteiger partial charge in [0.1, 0.15) is 5.00 Å². The Hall–Kier alpha value is -2.44. The Labute approximate surface area is 188 Å². The van der Waals surface area contributed by atoms with Gasteiger partial charge in [-0.1, -0.05) is 36.2 Å². The molecule has 4 nitrogen and oxygen atoms in total. The third-order valence-electron chi connectivity index (χ3n) is 5.30. The summed E-state index contributed by atoms with van der Waals surface area (Å²) < 4.78 is 0.728. The number of amides is 2. The van der Waals surface area contributed by atoms with E-state index < -0.39 is 0 Å². The van der Waals surface area contributed by atoms with E-state index in [1.807, 2.05) is 49.4 Å². The van der Waals surface area contributed by atoms with Crippen LogP contribution >= 0.6 is 27.3 Å². The number of aryl methyl sites for hydroxylation is 2. The third-order valence-corrected chi connectivity index (χ3v) is 7.20. The van der Waals surface area contributed by atoms with Crippen LogP contribution in [-0.4, -0.2) is 11.8 Å². The van der Waals surface area contributed by atoms with E-state index in [-0.39, 0.29) is 11.8 Å². The van der Waals surface area contributed by atoms with E-state index in [0.29, 0.717) is 16.1 Å². The molecule has 2 aromatic carbocycles. The minimum Gasteiger partial charge on any atom is -0.322 e. The molecule has 0 fully saturated rings. The Balaban J connectivity index is 1.67.